The third kappa shape index (κ3) is 5.44. The Kier molecular flexibility index (Phi) is 6.54. The van der Waals surface area contributed by atoms with Crippen LogP contribution in [0.5, 0.6) is 0 Å². The molecule has 168 valence electrons. The van der Waals surface area contributed by atoms with Gasteiger partial charge in [0.15, 0.2) is 0 Å². The molecule has 1 amide bonds. The van der Waals surface area contributed by atoms with Gasteiger partial charge in [0.2, 0.25) is 5.91 Å². The molecular formula is C22H18F4N2O3S. The number of nitrogens with zero attached hydrogens (tertiary/aromatic N) is 1. The van der Waals surface area contributed by atoms with Crippen LogP contribution in [0.2, 0.25) is 0 Å². The highest BCUT2D eigenvalue weighted by Crippen LogP contribution is 2.30. The minimum atomic E-state index is -4.52. The number of hydrogen-bond acceptors (Lipinski definition) is 3. The standard InChI is InChI=1S/C22H18F4N2O3S/c1-15-2-12-20(13-3-15)32(30,31)28(19-10-6-17(23)7-11-19)14-21(29)27-18-8-4-16(5-9-18)22(24,25)26/h2-13H,14H2,1H3,(H,27,29). The van der Waals surface area contributed by atoms with Crippen LogP contribution < -0.4 is 9.62 Å². The van der Waals surface area contributed by atoms with Gasteiger partial charge >= 0.3 is 6.18 Å². The molecule has 0 aliphatic rings. The van der Waals surface area contributed by atoms with E-state index in [0.29, 0.717) is 0 Å². The third-order valence-corrected chi connectivity index (χ3v) is 6.29. The zero-order chi connectivity index (χ0) is 23.5. The van der Waals surface area contributed by atoms with Crippen molar-refractivity contribution in [2.45, 2.75) is 18.0 Å². The summed E-state index contributed by atoms with van der Waals surface area (Å²) in [7, 11) is -4.20. The molecule has 10 heteroatoms. The molecule has 5 nitrogen and oxygen atoms in total. The van der Waals surface area contributed by atoms with Crippen molar-refractivity contribution in [1.82, 2.24) is 0 Å². The van der Waals surface area contributed by atoms with E-state index in [1.165, 1.54) is 24.3 Å². The average molecular weight is 466 g/mol. The zero-order valence-corrected chi connectivity index (χ0v) is 17.5. The van der Waals surface area contributed by atoms with Gasteiger partial charge in [-0.1, -0.05) is 17.7 Å². The summed E-state index contributed by atoms with van der Waals surface area (Å²) in [5, 5.41) is 2.38. The Morgan fingerprint density at radius 1 is 0.906 bits per heavy atom. The molecule has 0 saturated carbocycles. The number of alkyl halides is 3. The van der Waals surface area contributed by atoms with Gasteiger partial charge in [-0.25, -0.2) is 12.8 Å². The number of halogens is 4. The maximum Gasteiger partial charge on any atom is 0.416 e. The lowest BCUT2D eigenvalue weighted by atomic mass is 10.2. The van der Waals surface area contributed by atoms with Crippen LogP contribution in [0.4, 0.5) is 28.9 Å². The second-order valence-corrected chi connectivity index (χ2v) is 8.79. The van der Waals surface area contributed by atoms with E-state index in [-0.39, 0.29) is 16.3 Å². The average Bonchev–Trinajstić information content (AvgIpc) is 2.73. The van der Waals surface area contributed by atoms with Crippen molar-refractivity contribution >= 4 is 27.3 Å². The summed E-state index contributed by atoms with van der Waals surface area (Å²) >= 11 is 0. The molecular weight excluding hydrogens is 448 g/mol. The molecule has 1 N–H and O–H groups in total. The van der Waals surface area contributed by atoms with E-state index >= 15 is 0 Å². The smallest absolute Gasteiger partial charge is 0.325 e. The summed E-state index contributed by atoms with van der Waals surface area (Å²) in [6.07, 6.45) is -4.52. The van der Waals surface area contributed by atoms with Gasteiger partial charge in [-0.3, -0.25) is 9.10 Å². The number of carbonyl (C=O) groups excluding carboxylic acids is 1. The van der Waals surface area contributed by atoms with E-state index in [0.717, 1.165) is 46.3 Å². The summed E-state index contributed by atoms with van der Waals surface area (Å²) in [6, 6.07) is 14.2. The second kappa shape index (κ2) is 8.99. The van der Waals surface area contributed by atoms with Gasteiger partial charge in [0.05, 0.1) is 16.1 Å². The van der Waals surface area contributed by atoms with Crippen LogP contribution in [0.25, 0.3) is 0 Å². The second-order valence-electron chi connectivity index (χ2n) is 6.92. The van der Waals surface area contributed by atoms with Gasteiger partial charge in [-0.05, 0) is 67.6 Å². The maximum absolute atomic E-state index is 13.4. The molecule has 0 unspecified atom stereocenters. The molecule has 3 aromatic rings. The molecule has 0 fully saturated rings. The van der Waals surface area contributed by atoms with Crippen LogP contribution in [-0.4, -0.2) is 20.9 Å². The predicted molar refractivity (Wildman–Crippen MR) is 112 cm³/mol. The highest BCUT2D eigenvalue weighted by molar-refractivity contribution is 7.92. The molecule has 0 atom stereocenters. The molecule has 0 bridgehead atoms. The maximum atomic E-state index is 13.4. The SMILES string of the molecule is Cc1ccc(S(=O)(=O)N(CC(=O)Nc2ccc(C(F)(F)F)cc2)c2ccc(F)cc2)cc1. The van der Waals surface area contributed by atoms with Gasteiger partial charge in [-0.2, -0.15) is 13.2 Å². The molecule has 0 spiro atoms. The van der Waals surface area contributed by atoms with Gasteiger partial charge in [0.25, 0.3) is 10.0 Å². The number of nitrogens with one attached hydrogen (secondary N) is 1. The van der Waals surface area contributed by atoms with Crippen LogP contribution in [0.1, 0.15) is 11.1 Å². The number of hydrogen-bond donors (Lipinski definition) is 1. The first kappa shape index (κ1) is 23.3. The van der Waals surface area contributed by atoms with E-state index in [2.05, 4.69) is 5.32 Å². The number of benzene rings is 3. The molecule has 32 heavy (non-hydrogen) atoms. The highest BCUT2D eigenvalue weighted by Gasteiger charge is 2.30. The fourth-order valence-electron chi connectivity index (χ4n) is 2.83. The van der Waals surface area contributed by atoms with Crippen LogP contribution >= 0.6 is 0 Å². The summed E-state index contributed by atoms with van der Waals surface area (Å²) in [5.41, 5.74) is 0.0621. The molecule has 3 rings (SSSR count). The molecule has 0 radical (unpaired) electrons. The van der Waals surface area contributed by atoms with E-state index in [1.54, 1.807) is 19.1 Å². The van der Waals surface area contributed by atoms with Crippen LogP contribution in [0.3, 0.4) is 0 Å². The number of anilines is 2. The summed E-state index contributed by atoms with van der Waals surface area (Å²) in [4.78, 5) is 12.5. The van der Waals surface area contributed by atoms with Gasteiger partial charge in [0.1, 0.15) is 12.4 Å². The molecule has 0 aromatic heterocycles. The Balaban J connectivity index is 1.88. The normalized spacial score (nSPS) is 11.8. The van der Waals surface area contributed by atoms with E-state index in [9.17, 15) is 30.8 Å². The lowest BCUT2D eigenvalue weighted by molar-refractivity contribution is -0.137. The van der Waals surface area contributed by atoms with Crippen LogP contribution in [-0.2, 0) is 21.0 Å². The fraction of sp³-hybridized carbons (Fsp3) is 0.136. The van der Waals surface area contributed by atoms with Crippen molar-refractivity contribution in [3.8, 4) is 0 Å². The molecule has 3 aromatic carbocycles. The molecule has 0 aliphatic carbocycles. The van der Waals surface area contributed by atoms with Crippen molar-refractivity contribution in [3.05, 3.63) is 89.7 Å². The van der Waals surface area contributed by atoms with Crippen molar-refractivity contribution in [3.63, 3.8) is 0 Å². The lowest BCUT2D eigenvalue weighted by Crippen LogP contribution is -2.38. The minimum absolute atomic E-state index is 0.0505. The summed E-state index contributed by atoms with van der Waals surface area (Å²) in [5.74, 6) is -1.37. The van der Waals surface area contributed by atoms with Crippen LogP contribution in [0, 0.1) is 12.7 Å². The van der Waals surface area contributed by atoms with E-state index in [1.807, 2.05) is 0 Å². The zero-order valence-electron chi connectivity index (χ0n) is 16.7. The molecule has 0 aliphatic heterocycles. The Bertz CT molecular complexity index is 1190. The quantitative estimate of drug-likeness (QED) is 0.521. The molecule has 0 saturated heterocycles. The topological polar surface area (TPSA) is 66.5 Å². The fourth-order valence-corrected chi connectivity index (χ4v) is 4.25. The number of aryl methyl sites for hydroxylation is 1. The number of amides is 1. The highest BCUT2D eigenvalue weighted by atomic mass is 32.2. The summed E-state index contributed by atoms with van der Waals surface area (Å²) < 4.78 is 78.7. The lowest BCUT2D eigenvalue weighted by Gasteiger charge is -2.24. The third-order valence-electron chi connectivity index (χ3n) is 4.51. The first-order chi connectivity index (χ1) is 15.0. The number of sulfonamides is 1. The van der Waals surface area contributed by atoms with Crippen LogP contribution in [0.15, 0.2) is 77.7 Å². The first-order valence-electron chi connectivity index (χ1n) is 9.29. The van der Waals surface area contributed by atoms with Gasteiger partial charge in [-0.15, -0.1) is 0 Å². The number of carbonyl (C=O) groups is 1. The van der Waals surface area contributed by atoms with Crippen molar-refractivity contribution in [2.24, 2.45) is 0 Å². The first-order valence-corrected chi connectivity index (χ1v) is 10.7. The van der Waals surface area contributed by atoms with Crippen molar-refractivity contribution < 1.29 is 30.8 Å². The predicted octanol–water partition coefficient (Wildman–Crippen LogP) is 4.99. The van der Waals surface area contributed by atoms with E-state index < -0.39 is 40.0 Å². The molecule has 0 heterocycles. The summed E-state index contributed by atoms with van der Waals surface area (Å²) in [6.45, 7) is 1.11. The monoisotopic (exact) mass is 466 g/mol. The van der Waals surface area contributed by atoms with Gasteiger partial charge < -0.3 is 5.32 Å². The largest absolute Gasteiger partial charge is 0.416 e. The van der Waals surface area contributed by atoms with Gasteiger partial charge in [0, 0.05) is 5.69 Å². The van der Waals surface area contributed by atoms with Crippen molar-refractivity contribution in [2.75, 3.05) is 16.2 Å². The van der Waals surface area contributed by atoms with E-state index in [4.69, 9.17) is 0 Å². The number of rotatable bonds is 6. The Labute approximate surface area is 182 Å². The Hall–Kier alpha value is -3.40. The van der Waals surface area contributed by atoms with Crippen molar-refractivity contribution in [1.29, 1.82) is 0 Å². The Morgan fingerprint density at radius 2 is 1.47 bits per heavy atom. The Morgan fingerprint density at radius 3 is 2.00 bits per heavy atom. The minimum Gasteiger partial charge on any atom is -0.325 e.